The molecular weight excluding hydrogens is 729 g/mol. The van der Waals surface area contributed by atoms with Gasteiger partial charge in [0.25, 0.3) is 0 Å². The summed E-state index contributed by atoms with van der Waals surface area (Å²) in [5.74, 6) is 2.78. The van der Waals surface area contributed by atoms with E-state index in [9.17, 15) is 10.4 Å². The van der Waals surface area contributed by atoms with E-state index in [4.69, 9.17) is 39.9 Å². The molecule has 2 fully saturated rings. The summed E-state index contributed by atoms with van der Waals surface area (Å²) >= 11 is 0. The summed E-state index contributed by atoms with van der Waals surface area (Å²) in [6.45, 7) is 20.0. The van der Waals surface area contributed by atoms with Crippen molar-refractivity contribution in [2.45, 2.75) is 83.7 Å². The fraction of sp³-hybridized carbons (Fsp3) is 0.535. The van der Waals surface area contributed by atoms with Crippen LogP contribution in [-0.4, -0.2) is 98.7 Å². The molecule has 1 atom stereocenters. The van der Waals surface area contributed by atoms with Crippen LogP contribution in [0.4, 0.5) is 0 Å². The van der Waals surface area contributed by atoms with E-state index < -0.39 is 5.41 Å². The Bertz CT molecular complexity index is 2190. The molecule has 1 unspecified atom stereocenters. The second-order valence-corrected chi connectivity index (χ2v) is 17.4. The molecule has 0 aromatic heterocycles. The minimum Gasteiger partial charge on any atom is -0.493 e. The summed E-state index contributed by atoms with van der Waals surface area (Å²) < 4.78 is 38.0. The van der Waals surface area contributed by atoms with Gasteiger partial charge in [0.2, 0.25) is 0 Å². The van der Waals surface area contributed by atoms with E-state index in [0.717, 1.165) is 61.6 Å². The van der Waals surface area contributed by atoms with Crippen LogP contribution in [0.5, 0.6) is 34.5 Å². The molecule has 3 heterocycles. The molecule has 1 spiro atoms. The number of rotatable bonds is 8. The molecule has 8 rings (SSSR count). The molecule has 6 N–H and O–H groups in total. The lowest BCUT2D eigenvalue weighted by Crippen LogP contribution is -2.38. The van der Waals surface area contributed by atoms with E-state index >= 15 is 0 Å². The van der Waals surface area contributed by atoms with E-state index in [0.29, 0.717) is 73.3 Å². The van der Waals surface area contributed by atoms with Gasteiger partial charge in [0, 0.05) is 55.8 Å². The Morgan fingerprint density at radius 1 is 0.702 bits per heavy atom. The van der Waals surface area contributed by atoms with Crippen LogP contribution >= 0.6 is 0 Å². The summed E-state index contributed by atoms with van der Waals surface area (Å²) in [4.78, 5) is 4.86. The second-order valence-electron chi connectivity index (χ2n) is 17.4. The Balaban J connectivity index is 1.44. The number of hydrogen-bond donors (Lipinski definition) is 4. The Morgan fingerprint density at radius 3 is 1.67 bits per heavy atom. The second kappa shape index (κ2) is 14.3. The van der Waals surface area contributed by atoms with Crippen molar-refractivity contribution >= 4 is 11.7 Å². The predicted molar refractivity (Wildman–Crippen MR) is 215 cm³/mol. The van der Waals surface area contributed by atoms with Crippen LogP contribution in [0.3, 0.4) is 0 Å². The van der Waals surface area contributed by atoms with Gasteiger partial charge < -0.3 is 50.3 Å². The van der Waals surface area contributed by atoms with Gasteiger partial charge in [-0.2, -0.15) is 0 Å². The third kappa shape index (κ3) is 6.06. The van der Waals surface area contributed by atoms with E-state index in [-0.39, 0.29) is 34.0 Å². The van der Waals surface area contributed by atoms with Crippen LogP contribution in [0.15, 0.2) is 22.4 Å². The zero-order valence-corrected chi connectivity index (χ0v) is 34.4. The van der Waals surface area contributed by atoms with E-state index in [1.165, 1.54) is 22.3 Å². The van der Waals surface area contributed by atoms with Crippen molar-refractivity contribution in [3.8, 4) is 34.5 Å². The van der Waals surface area contributed by atoms with Crippen LogP contribution in [0.2, 0.25) is 0 Å². The van der Waals surface area contributed by atoms with Gasteiger partial charge in [-0.15, -0.1) is 0 Å². The lowest BCUT2D eigenvalue weighted by atomic mass is 9.70. The quantitative estimate of drug-likeness (QED) is 0.0741. The topological polar surface area (TPSA) is 179 Å². The van der Waals surface area contributed by atoms with Crippen molar-refractivity contribution in [2.24, 2.45) is 21.8 Å². The molecule has 0 radical (unpaired) electrons. The van der Waals surface area contributed by atoms with Gasteiger partial charge in [-0.3, -0.25) is 9.80 Å². The van der Waals surface area contributed by atoms with Crippen LogP contribution in [0.1, 0.15) is 96.2 Å². The van der Waals surface area contributed by atoms with E-state index in [1.54, 1.807) is 14.2 Å². The number of morpholine rings is 2. The molecule has 5 aliphatic rings. The smallest absolute Gasteiger partial charge is 0.182 e. The molecule has 3 aromatic carbocycles. The van der Waals surface area contributed by atoms with Crippen LogP contribution in [0.25, 0.3) is 0 Å². The van der Waals surface area contributed by atoms with Crippen molar-refractivity contribution in [1.82, 2.24) is 9.80 Å². The highest BCUT2D eigenvalue weighted by Crippen LogP contribution is 2.68. The molecular formula is C43H56N6O8. The van der Waals surface area contributed by atoms with E-state index in [2.05, 4.69) is 59.9 Å². The molecule has 0 amide bonds. The SMILES string of the molecule is COc1cc2c(c(CN3CCOCC3)c1OC)C1(CC2(C)C)CC(C)(C)c2cc3c(c(CN4CCOCC4)c21)Oc1c(c(/C(N)=N/O)c(C)c(C)c1/C(N)=N/O)O3. The third-order valence-corrected chi connectivity index (χ3v) is 13.1. The number of benzene rings is 3. The number of ether oxygens (including phenoxy) is 6. The van der Waals surface area contributed by atoms with Crippen LogP contribution < -0.4 is 30.4 Å². The Hall–Kier alpha value is -4.76. The average Bonchev–Trinajstić information content (AvgIpc) is 3.56. The molecule has 2 saturated heterocycles. The number of amidine groups is 2. The summed E-state index contributed by atoms with van der Waals surface area (Å²) in [7, 11) is 3.45. The summed E-state index contributed by atoms with van der Waals surface area (Å²) in [6, 6.07) is 4.34. The first-order valence-electron chi connectivity index (χ1n) is 19.8. The lowest BCUT2D eigenvalue weighted by molar-refractivity contribution is 0.0334. The Morgan fingerprint density at radius 2 is 1.18 bits per heavy atom. The third-order valence-electron chi connectivity index (χ3n) is 13.1. The summed E-state index contributed by atoms with van der Waals surface area (Å²) in [5.41, 5.74) is 20.9. The molecule has 2 aliphatic carbocycles. The zero-order valence-electron chi connectivity index (χ0n) is 34.4. The maximum absolute atomic E-state index is 10.0. The molecule has 3 aliphatic heterocycles. The van der Waals surface area contributed by atoms with Crippen molar-refractivity contribution in [2.75, 3.05) is 66.8 Å². The van der Waals surface area contributed by atoms with Gasteiger partial charge in [0.15, 0.2) is 46.2 Å². The highest BCUT2D eigenvalue weighted by Gasteiger charge is 2.60. The highest BCUT2D eigenvalue weighted by molar-refractivity contribution is 6.08. The minimum absolute atomic E-state index is 0.138. The van der Waals surface area contributed by atoms with Crippen molar-refractivity contribution in [3.63, 3.8) is 0 Å². The number of methoxy groups -OCH3 is 2. The molecule has 3 aromatic rings. The molecule has 0 saturated carbocycles. The van der Waals surface area contributed by atoms with Gasteiger partial charge in [0.1, 0.15) is 0 Å². The first-order chi connectivity index (χ1) is 27.2. The zero-order chi connectivity index (χ0) is 40.6. The van der Waals surface area contributed by atoms with Crippen molar-refractivity contribution < 1.29 is 38.8 Å². The highest BCUT2D eigenvalue weighted by atomic mass is 16.6. The molecule has 14 heteroatoms. The Kier molecular flexibility index (Phi) is 9.78. The van der Waals surface area contributed by atoms with Crippen molar-refractivity contribution in [3.05, 3.63) is 67.8 Å². The molecule has 57 heavy (non-hydrogen) atoms. The van der Waals surface area contributed by atoms with Gasteiger partial charge >= 0.3 is 0 Å². The molecule has 306 valence electrons. The first kappa shape index (κ1) is 39.1. The standard InChI is InChI=1S/C43H56N6O8/c1-23-24(2)32(40(45)47-51)38-37(31(23)39(44)46-50)56-30-18-28-34(26(36(30)57-38)20-49-11-15-55-16-12-49)43(22-42(28,5)6)21-41(3,4)27-17-29(52-7)35(53-8)25(33(27)43)19-48-9-13-54-14-10-48/h17-18,50-51H,9-16,19-22H2,1-8H3,(H2,44,46)(H2,45,47). The lowest BCUT2D eigenvalue weighted by Gasteiger charge is -2.37. The van der Waals surface area contributed by atoms with Gasteiger partial charge in [-0.25, -0.2) is 0 Å². The molecule has 14 nitrogen and oxygen atoms in total. The number of hydrogen-bond acceptors (Lipinski definition) is 12. The number of nitrogens with zero attached hydrogens (tertiary/aromatic N) is 4. The summed E-state index contributed by atoms with van der Waals surface area (Å²) in [5, 5.41) is 26.7. The van der Waals surface area contributed by atoms with Crippen LogP contribution in [0, 0.1) is 13.8 Å². The van der Waals surface area contributed by atoms with Gasteiger partial charge in [-0.05, 0) is 83.0 Å². The first-order valence-corrected chi connectivity index (χ1v) is 19.8. The molecule has 0 bridgehead atoms. The van der Waals surface area contributed by atoms with Crippen LogP contribution in [-0.2, 0) is 38.8 Å². The predicted octanol–water partition coefficient (Wildman–Crippen LogP) is 5.72. The maximum Gasteiger partial charge on any atom is 0.182 e. The monoisotopic (exact) mass is 784 g/mol. The summed E-state index contributed by atoms with van der Waals surface area (Å²) in [6.07, 6.45) is 1.69. The van der Waals surface area contributed by atoms with Gasteiger partial charge in [-0.1, -0.05) is 38.0 Å². The normalized spacial score (nSPS) is 22.7. The number of nitrogens with two attached hydrogens (primary N) is 2. The van der Waals surface area contributed by atoms with Gasteiger partial charge in [0.05, 0.1) is 51.8 Å². The number of fused-ring (bicyclic) bond motifs is 6. The van der Waals surface area contributed by atoms with E-state index in [1.807, 2.05) is 13.8 Å². The fourth-order valence-electron chi connectivity index (χ4n) is 10.7. The Labute approximate surface area is 334 Å². The fourth-order valence-corrected chi connectivity index (χ4v) is 10.7. The maximum atomic E-state index is 10.0. The number of oxime groups is 2. The minimum atomic E-state index is -0.449. The average molecular weight is 785 g/mol. The van der Waals surface area contributed by atoms with Crippen molar-refractivity contribution in [1.29, 1.82) is 0 Å². The largest absolute Gasteiger partial charge is 0.493 e.